The van der Waals surface area contributed by atoms with Crippen molar-refractivity contribution in [3.05, 3.63) is 70.4 Å². The van der Waals surface area contributed by atoms with E-state index < -0.39 is 12.0 Å². The van der Waals surface area contributed by atoms with E-state index in [1.807, 2.05) is 62.6 Å². The number of carbonyl (C=O) groups is 2. The molecule has 1 aliphatic heterocycles. The third kappa shape index (κ3) is 5.05. The maximum Gasteiger partial charge on any atom is 0.338 e. The first kappa shape index (κ1) is 22.7. The molecule has 0 saturated heterocycles. The molecule has 0 saturated carbocycles. The van der Waals surface area contributed by atoms with Crippen LogP contribution < -0.4 is 10.1 Å². The van der Waals surface area contributed by atoms with Gasteiger partial charge in [0.2, 0.25) is 0 Å². The maximum absolute atomic E-state index is 13.0. The van der Waals surface area contributed by atoms with E-state index >= 15 is 0 Å². The van der Waals surface area contributed by atoms with E-state index in [1.54, 1.807) is 25.7 Å². The standard InChI is InChI=1S/C24H28N2O4S/c1-6-29-23(27)21-20(14-30-17-8-10-18(31-5)11-9-17)26(4)24(28)25-22(21)19-12-7-15(2)13-16(19)3/h7-13,22H,6,14H2,1-5H3,(H,25,28)/t22-/m1/s1. The highest BCUT2D eigenvalue weighted by atomic mass is 32.2. The summed E-state index contributed by atoms with van der Waals surface area (Å²) in [6, 6.07) is 12.7. The molecule has 0 bridgehead atoms. The van der Waals surface area contributed by atoms with Crippen molar-refractivity contribution in [1.82, 2.24) is 10.2 Å². The number of hydrogen-bond donors (Lipinski definition) is 1. The zero-order valence-electron chi connectivity index (χ0n) is 18.5. The third-order valence-corrected chi connectivity index (χ3v) is 5.99. The van der Waals surface area contributed by atoms with Gasteiger partial charge in [-0.05, 0) is 62.4 Å². The Labute approximate surface area is 187 Å². The average Bonchev–Trinajstić information content (AvgIpc) is 2.75. The molecule has 1 N–H and O–H groups in total. The van der Waals surface area contributed by atoms with E-state index in [1.165, 1.54) is 4.90 Å². The van der Waals surface area contributed by atoms with Crippen LogP contribution in [0.5, 0.6) is 5.75 Å². The molecule has 0 fully saturated rings. The first-order chi connectivity index (χ1) is 14.8. The highest BCUT2D eigenvalue weighted by Crippen LogP contribution is 2.33. The number of nitrogens with one attached hydrogen (secondary N) is 1. The lowest BCUT2D eigenvalue weighted by atomic mass is 9.91. The van der Waals surface area contributed by atoms with Gasteiger partial charge >= 0.3 is 12.0 Å². The molecule has 31 heavy (non-hydrogen) atoms. The number of hydrogen-bond acceptors (Lipinski definition) is 5. The van der Waals surface area contributed by atoms with Crippen LogP contribution in [-0.4, -0.2) is 43.4 Å². The van der Waals surface area contributed by atoms with Gasteiger partial charge in [-0.15, -0.1) is 11.8 Å². The van der Waals surface area contributed by atoms with Crippen molar-refractivity contribution in [1.29, 1.82) is 0 Å². The second kappa shape index (κ2) is 9.92. The van der Waals surface area contributed by atoms with Crippen LogP contribution in [0.3, 0.4) is 0 Å². The van der Waals surface area contributed by atoms with Gasteiger partial charge in [0.15, 0.2) is 0 Å². The number of esters is 1. The van der Waals surface area contributed by atoms with Gasteiger partial charge in [0, 0.05) is 11.9 Å². The summed E-state index contributed by atoms with van der Waals surface area (Å²) >= 11 is 1.65. The van der Waals surface area contributed by atoms with Crippen LogP contribution in [0.2, 0.25) is 0 Å². The molecule has 1 atom stereocenters. The van der Waals surface area contributed by atoms with Crippen molar-refractivity contribution in [3.8, 4) is 5.75 Å². The molecule has 3 rings (SSSR count). The molecular formula is C24H28N2O4S. The number of ether oxygens (including phenoxy) is 2. The normalized spacial score (nSPS) is 16.2. The van der Waals surface area contributed by atoms with E-state index in [0.29, 0.717) is 17.0 Å². The second-order valence-electron chi connectivity index (χ2n) is 7.35. The molecule has 1 aliphatic rings. The van der Waals surface area contributed by atoms with E-state index in [9.17, 15) is 9.59 Å². The minimum absolute atomic E-state index is 0.0676. The number of rotatable bonds is 7. The molecule has 0 radical (unpaired) electrons. The lowest BCUT2D eigenvalue weighted by molar-refractivity contribution is -0.139. The highest BCUT2D eigenvalue weighted by Gasteiger charge is 2.37. The fourth-order valence-corrected chi connectivity index (χ4v) is 4.00. The van der Waals surface area contributed by atoms with E-state index in [0.717, 1.165) is 21.6 Å². The lowest BCUT2D eigenvalue weighted by Gasteiger charge is -2.35. The summed E-state index contributed by atoms with van der Waals surface area (Å²) < 4.78 is 11.3. The smallest absolute Gasteiger partial charge is 0.338 e. The van der Waals surface area contributed by atoms with Crippen molar-refractivity contribution in [2.45, 2.75) is 31.7 Å². The quantitative estimate of drug-likeness (QED) is 0.503. The number of thioether (sulfide) groups is 1. The molecule has 2 amide bonds. The Hall–Kier alpha value is -2.93. The Morgan fingerprint density at radius 1 is 1.16 bits per heavy atom. The predicted octanol–water partition coefficient (Wildman–Crippen LogP) is 4.62. The van der Waals surface area contributed by atoms with Gasteiger partial charge < -0.3 is 14.8 Å². The van der Waals surface area contributed by atoms with Crippen LogP contribution in [0.15, 0.2) is 58.6 Å². The van der Waals surface area contributed by atoms with Crippen molar-refractivity contribution >= 4 is 23.8 Å². The van der Waals surface area contributed by atoms with Crippen molar-refractivity contribution in [2.24, 2.45) is 0 Å². The monoisotopic (exact) mass is 440 g/mol. The predicted molar refractivity (Wildman–Crippen MR) is 122 cm³/mol. The fraction of sp³-hybridized carbons (Fsp3) is 0.333. The summed E-state index contributed by atoms with van der Waals surface area (Å²) in [5, 5.41) is 2.95. The molecule has 1 heterocycles. The number of likely N-dealkylation sites (N-methyl/N-ethyl adjacent to an activating group) is 1. The van der Waals surface area contributed by atoms with E-state index in [-0.39, 0.29) is 19.2 Å². The molecule has 0 aliphatic carbocycles. The molecule has 6 nitrogen and oxygen atoms in total. The first-order valence-corrected chi connectivity index (χ1v) is 11.4. The van der Waals surface area contributed by atoms with Crippen LogP contribution in [-0.2, 0) is 9.53 Å². The van der Waals surface area contributed by atoms with Gasteiger partial charge in [-0.1, -0.05) is 23.8 Å². The SMILES string of the molecule is CCOC(=O)C1=C(COc2ccc(SC)cc2)N(C)C(=O)N[C@@H]1c1ccc(C)cc1C. The van der Waals surface area contributed by atoms with Crippen LogP contribution in [0.1, 0.15) is 29.7 Å². The number of aryl methyl sites for hydroxylation is 2. The van der Waals surface area contributed by atoms with E-state index in [2.05, 4.69) is 5.32 Å². The fourth-order valence-electron chi connectivity index (χ4n) is 3.59. The number of nitrogens with zero attached hydrogens (tertiary/aromatic N) is 1. The van der Waals surface area contributed by atoms with Gasteiger partial charge in [-0.2, -0.15) is 0 Å². The summed E-state index contributed by atoms with van der Waals surface area (Å²) in [6.07, 6.45) is 2.01. The van der Waals surface area contributed by atoms with Crippen LogP contribution in [0.25, 0.3) is 0 Å². The zero-order valence-corrected chi connectivity index (χ0v) is 19.3. The molecule has 0 unspecified atom stereocenters. The molecule has 2 aromatic carbocycles. The third-order valence-electron chi connectivity index (χ3n) is 5.24. The Morgan fingerprint density at radius 3 is 2.48 bits per heavy atom. The lowest BCUT2D eigenvalue weighted by Crippen LogP contribution is -2.48. The van der Waals surface area contributed by atoms with Crippen molar-refractivity contribution < 1.29 is 19.1 Å². The first-order valence-electron chi connectivity index (χ1n) is 10.1. The van der Waals surface area contributed by atoms with Crippen LogP contribution in [0.4, 0.5) is 4.79 Å². The average molecular weight is 441 g/mol. The summed E-state index contributed by atoms with van der Waals surface area (Å²) in [5.41, 5.74) is 3.83. The Balaban J connectivity index is 2.02. The highest BCUT2D eigenvalue weighted by molar-refractivity contribution is 7.98. The largest absolute Gasteiger partial charge is 0.487 e. The molecular weight excluding hydrogens is 412 g/mol. The maximum atomic E-state index is 13.0. The van der Waals surface area contributed by atoms with Gasteiger partial charge in [-0.3, -0.25) is 4.90 Å². The number of urea groups is 1. The Bertz CT molecular complexity index is 1000. The van der Waals surface area contributed by atoms with Gasteiger partial charge in [0.25, 0.3) is 0 Å². The van der Waals surface area contributed by atoms with Gasteiger partial charge in [0.05, 0.1) is 23.9 Å². The second-order valence-corrected chi connectivity index (χ2v) is 8.23. The molecule has 2 aromatic rings. The molecule has 0 spiro atoms. The van der Waals surface area contributed by atoms with Gasteiger partial charge in [0.1, 0.15) is 12.4 Å². The van der Waals surface area contributed by atoms with Crippen molar-refractivity contribution in [2.75, 3.05) is 26.5 Å². The molecule has 7 heteroatoms. The van der Waals surface area contributed by atoms with Crippen LogP contribution >= 0.6 is 11.8 Å². The Morgan fingerprint density at radius 2 is 1.87 bits per heavy atom. The van der Waals surface area contributed by atoms with Gasteiger partial charge in [-0.25, -0.2) is 9.59 Å². The zero-order chi connectivity index (χ0) is 22.5. The molecule has 0 aromatic heterocycles. The minimum Gasteiger partial charge on any atom is -0.487 e. The number of carbonyl (C=O) groups excluding carboxylic acids is 2. The summed E-state index contributed by atoms with van der Waals surface area (Å²) in [6.45, 7) is 6.05. The number of amides is 2. The Kier molecular flexibility index (Phi) is 7.28. The van der Waals surface area contributed by atoms with E-state index in [4.69, 9.17) is 9.47 Å². The number of benzene rings is 2. The summed E-state index contributed by atoms with van der Waals surface area (Å²) in [4.78, 5) is 28.3. The minimum atomic E-state index is -0.610. The van der Waals surface area contributed by atoms with Crippen LogP contribution in [0, 0.1) is 13.8 Å². The molecule has 164 valence electrons. The summed E-state index contributed by atoms with van der Waals surface area (Å²) in [7, 11) is 1.63. The summed E-state index contributed by atoms with van der Waals surface area (Å²) in [5.74, 6) is 0.201. The van der Waals surface area contributed by atoms with Crippen molar-refractivity contribution in [3.63, 3.8) is 0 Å². The topological polar surface area (TPSA) is 67.9 Å².